The van der Waals surface area contributed by atoms with Gasteiger partial charge >= 0.3 is 6.03 Å². The third kappa shape index (κ3) is 4.51. The zero-order valence-corrected chi connectivity index (χ0v) is 20.7. The van der Waals surface area contributed by atoms with E-state index >= 15 is 0 Å². The molecule has 0 spiro atoms. The molecule has 2 aromatic heterocycles. The standard InChI is InChI=1S/C28H28N6O3/c1-17-30-26(33-37-17)16-36-22-12-13-25-23(14-22)24(15-29)27(34(25)21-6-3-7-21)18-8-10-20(11-9-18)32-28(35)31-19-4-2-5-19/h8-14,19,21H,2-7,16H2,1H3,(H2,31,32,35). The number of nitrogens with zero attached hydrogens (tertiary/aromatic N) is 4. The Morgan fingerprint density at radius 2 is 1.95 bits per heavy atom. The second kappa shape index (κ2) is 9.62. The van der Waals surface area contributed by atoms with Crippen molar-refractivity contribution in [2.24, 2.45) is 0 Å². The Bertz CT molecular complexity index is 1490. The number of ether oxygens (including phenoxy) is 1. The van der Waals surface area contributed by atoms with Gasteiger partial charge in [-0.15, -0.1) is 0 Å². The summed E-state index contributed by atoms with van der Waals surface area (Å²) in [6, 6.07) is 16.5. The van der Waals surface area contributed by atoms with E-state index in [0.717, 1.165) is 53.5 Å². The van der Waals surface area contributed by atoms with Crippen molar-refractivity contribution >= 4 is 22.6 Å². The fourth-order valence-corrected chi connectivity index (χ4v) is 4.97. The summed E-state index contributed by atoms with van der Waals surface area (Å²) >= 11 is 0. The molecule has 6 rings (SSSR count). The molecule has 2 fully saturated rings. The molecular formula is C28H28N6O3. The average molecular weight is 497 g/mol. The van der Waals surface area contributed by atoms with Crippen LogP contribution < -0.4 is 15.4 Å². The molecule has 2 heterocycles. The SMILES string of the molecule is Cc1nc(COc2ccc3c(c2)c(C#N)c(-c2ccc(NC(=O)NC4CCC4)cc2)n3C2CCC2)no1. The van der Waals surface area contributed by atoms with Crippen molar-refractivity contribution < 1.29 is 14.1 Å². The van der Waals surface area contributed by atoms with E-state index in [4.69, 9.17) is 9.26 Å². The number of carbonyl (C=O) groups is 1. The van der Waals surface area contributed by atoms with Crippen molar-refractivity contribution in [3.8, 4) is 23.1 Å². The molecule has 2 N–H and O–H groups in total. The highest BCUT2D eigenvalue weighted by Gasteiger charge is 2.28. The predicted octanol–water partition coefficient (Wildman–Crippen LogP) is 5.85. The lowest BCUT2D eigenvalue weighted by Crippen LogP contribution is -2.41. The van der Waals surface area contributed by atoms with Gasteiger partial charge in [0.05, 0.1) is 16.8 Å². The molecule has 0 aliphatic heterocycles. The minimum Gasteiger partial charge on any atom is -0.485 e. The maximum atomic E-state index is 12.3. The summed E-state index contributed by atoms with van der Waals surface area (Å²) < 4.78 is 13.2. The van der Waals surface area contributed by atoms with Gasteiger partial charge in [0.25, 0.3) is 0 Å². The monoisotopic (exact) mass is 496 g/mol. The van der Waals surface area contributed by atoms with Gasteiger partial charge in [0, 0.05) is 30.1 Å². The number of urea groups is 1. The number of hydrogen-bond donors (Lipinski definition) is 2. The van der Waals surface area contributed by atoms with Gasteiger partial charge in [0.2, 0.25) is 11.7 Å². The summed E-state index contributed by atoms with van der Waals surface area (Å²) in [5, 5.41) is 20.9. The minimum absolute atomic E-state index is 0.178. The Labute approximate surface area is 214 Å². The molecule has 0 atom stereocenters. The molecule has 9 nitrogen and oxygen atoms in total. The van der Waals surface area contributed by atoms with Crippen LogP contribution >= 0.6 is 0 Å². The third-order valence-electron chi connectivity index (χ3n) is 7.32. The lowest BCUT2D eigenvalue weighted by molar-refractivity contribution is 0.240. The van der Waals surface area contributed by atoms with Crippen LogP contribution in [0.1, 0.15) is 61.8 Å². The highest BCUT2D eigenvalue weighted by atomic mass is 16.5. The lowest BCUT2D eigenvalue weighted by atomic mass is 9.92. The van der Waals surface area contributed by atoms with Gasteiger partial charge in [0.1, 0.15) is 11.8 Å². The molecule has 9 heteroatoms. The number of nitrogens with one attached hydrogen (secondary N) is 2. The fourth-order valence-electron chi connectivity index (χ4n) is 4.97. The molecule has 188 valence electrons. The van der Waals surface area contributed by atoms with Crippen LogP contribution in [-0.4, -0.2) is 26.8 Å². The highest BCUT2D eigenvalue weighted by molar-refractivity contribution is 5.96. The van der Waals surface area contributed by atoms with Crippen LogP contribution in [0.2, 0.25) is 0 Å². The number of aryl methyl sites for hydroxylation is 1. The van der Waals surface area contributed by atoms with Crippen molar-refractivity contribution in [2.45, 2.75) is 64.1 Å². The number of anilines is 1. The van der Waals surface area contributed by atoms with Crippen molar-refractivity contribution in [3.63, 3.8) is 0 Å². The first kappa shape index (κ1) is 23.1. The molecular weight excluding hydrogens is 468 g/mol. The highest BCUT2D eigenvalue weighted by Crippen LogP contribution is 2.43. The largest absolute Gasteiger partial charge is 0.485 e. The van der Waals surface area contributed by atoms with E-state index < -0.39 is 0 Å². The van der Waals surface area contributed by atoms with E-state index in [9.17, 15) is 10.1 Å². The number of fused-ring (bicyclic) bond motifs is 1. The topological polar surface area (TPSA) is 118 Å². The number of nitriles is 1. The van der Waals surface area contributed by atoms with Gasteiger partial charge in [-0.3, -0.25) is 0 Å². The first-order valence-electron chi connectivity index (χ1n) is 12.8. The third-order valence-corrected chi connectivity index (χ3v) is 7.32. The van der Waals surface area contributed by atoms with Gasteiger partial charge in [-0.05, 0) is 74.4 Å². The Morgan fingerprint density at radius 1 is 1.16 bits per heavy atom. The average Bonchev–Trinajstić information content (AvgIpc) is 3.40. The van der Waals surface area contributed by atoms with E-state index in [1.165, 1.54) is 12.8 Å². The number of aromatic nitrogens is 3. The Morgan fingerprint density at radius 3 is 2.57 bits per heavy atom. The van der Waals surface area contributed by atoms with Crippen molar-refractivity contribution in [2.75, 3.05) is 5.32 Å². The summed E-state index contributed by atoms with van der Waals surface area (Å²) in [4.78, 5) is 16.4. The minimum atomic E-state index is -0.178. The fraction of sp³-hybridized carbons (Fsp3) is 0.357. The van der Waals surface area contributed by atoms with E-state index in [1.54, 1.807) is 6.92 Å². The molecule has 2 aliphatic rings. The van der Waals surface area contributed by atoms with Crippen molar-refractivity contribution in [1.82, 2.24) is 20.0 Å². The molecule has 2 amide bonds. The molecule has 2 aliphatic carbocycles. The van der Waals surface area contributed by atoms with Gasteiger partial charge in [-0.1, -0.05) is 17.3 Å². The van der Waals surface area contributed by atoms with E-state index in [0.29, 0.717) is 29.1 Å². The molecule has 2 aromatic carbocycles. The Kier molecular flexibility index (Phi) is 6.01. The second-order valence-corrected chi connectivity index (χ2v) is 9.79. The van der Waals surface area contributed by atoms with Crippen LogP contribution in [0.15, 0.2) is 47.0 Å². The zero-order chi connectivity index (χ0) is 25.4. The lowest BCUT2D eigenvalue weighted by Gasteiger charge is -2.30. The maximum Gasteiger partial charge on any atom is 0.319 e. The van der Waals surface area contributed by atoms with E-state index in [-0.39, 0.29) is 18.7 Å². The van der Waals surface area contributed by atoms with Gasteiger partial charge < -0.3 is 24.5 Å². The molecule has 0 bridgehead atoms. The van der Waals surface area contributed by atoms with E-state index in [1.807, 2.05) is 42.5 Å². The van der Waals surface area contributed by atoms with Crippen LogP contribution in [0, 0.1) is 18.3 Å². The van der Waals surface area contributed by atoms with Crippen LogP contribution in [0.4, 0.5) is 10.5 Å². The van der Waals surface area contributed by atoms with Crippen molar-refractivity contribution in [3.05, 3.63) is 59.7 Å². The number of benzene rings is 2. The first-order chi connectivity index (χ1) is 18.1. The first-order valence-corrected chi connectivity index (χ1v) is 12.8. The van der Waals surface area contributed by atoms with Crippen LogP contribution in [0.25, 0.3) is 22.2 Å². The quantitative estimate of drug-likeness (QED) is 0.331. The summed E-state index contributed by atoms with van der Waals surface area (Å²) in [7, 11) is 0. The number of carbonyl (C=O) groups excluding carboxylic acids is 1. The summed E-state index contributed by atoms with van der Waals surface area (Å²) in [5.74, 6) is 1.60. The normalized spacial score (nSPS) is 15.6. The molecule has 4 aromatic rings. The van der Waals surface area contributed by atoms with E-state index in [2.05, 4.69) is 31.4 Å². The number of amides is 2. The number of rotatable bonds is 7. The second-order valence-electron chi connectivity index (χ2n) is 9.79. The van der Waals surface area contributed by atoms with Gasteiger partial charge in [0.15, 0.2) is 6.61 Å². The van der Waals surface area contributed by atoms with Crippen molar-refractivity contribution in [1.29, 1.82) is 5.26 Å². The maximum absolute atomic E-state index is 12.3. The Balaban J connectivity index is 1.31. The molecule has 0 radical (unpaired) electrons. The molecule has 2 saturated carbocycles. The molecule has 0 saturated heterocycles. The number of hydrogen-bond acceptors (Lipinski definition) is 6. The summed E-state index contributed by atoms with van der Waals surface area (Å²) in [6.45, 7) is 1.92. The van der Waals surface area contributed by atoms with Gasteiger partial charge in [-0.2, -0.15) is 10.2 Å². The Hall–Kier alpha value is -4.32. The van der Waals surface area contributed by atoms with Gasteiger partial charge in [-0.25, -0.2) is 4.79 Å². The zero-order valence-electron chi connectivity index (χ0n) is 20.7. The van der Waals surface area contributed by atoms with Crippen LogP contribution in [-0.2, 0) is 6.61 Å². The smallest absolute Gasteiger partial charge is 0.319 e. The molecule has 37 heavy (non-hydrogen) atoms. The summed E-state index contributed by atoms with van der Waals surface area (Å²) in [6.07, 6.45) is 6.59. The van der Waals surface area contributed by atoms with Crippen LogP contribution in [0.5, 0.6) is 5.75 Å². The predicted molar refractivity (Wildman–Crippen MR) is 138 cm³/mol. The molecule has 0 unspecified atom stereocenters. The summed E-state index contributed by atoms with van der Waals surface area (Å²) in [5.41, 5.74) is 4.19. The van der Waals surface area contributed by atoms with Crippen LogP contribution in [0.3, 0.4) is 0 Å².